The molecule has 2 aromatic rings. The first-order valence-corrected chi connectivity index (χ1v) is 8.58. The van der Waals surface area contributed by atoms with E-state index in [1.807, 2.05) is 37.3 Å². The molecule has 136 valence electrons. The van der Waals surface area contributed by atoms with Gasteiger partial charge in [-0.1, -0.05) is 35.9 Å². The highest BCUT2D eigenvalue weighted by molar-refractivity contribution is 6.30. The van der Waals surface area contributed by atoms with Gasteiger partial charge in [0.25, 0.3) is 0 Å². The van der Waals surface area contributed by atoms with Crippen molar-refractivity contribution in [1.82, 2.24) is 0 Å². The van der Waals surface area contributed by atoms with E-state index in [0.717, 1.165) is 17.2 Å². The SMILES string of the molecule is C=CCc1cc(/C=C/C(=O)[O-])cc(OCC)c1OCc1ccc(Cl)cc1. The zero-order valence-corrected chi connectivity index (χ0v) is 15.3. The molecule has 0 atom stereocenters. The average Bonchev–Trinajstić information content (AvgIpc) is 2.61. The molecule has 4 nitrogen and oxygen atoms in total. The molecule has 0 saturated carbocycles. The van der Waals surface area contributed by atoms with Crippen molar-refractivity contribution in [1.29, 1.82) is 0 Å². The molecule has 0 unspecified atom stereocenters. The summed E-state index contributed by atoms with van der Waals surface area (Å²) in [7, 11) is 0. The fourth-order valence-electron chi connectivity index (χ4n) is 2.41. The predicted octanol–water partition coefficient (Wildman–Crippen LogP) is 3.81. The smallest absolute Gasteiger partial charge is 0.165 e. The van der Waals surface area contributed by atoms with E-state index in [2.05, 4.69) is 6.58 Å². The Bertz CT molecular complexity index is 794. The zero-order valence-electron chi connectivity index (χ0n) is 14.5. The van der Waals surface area contributed by atoms with Crippen LogP contribution in [-0.4, -0.2) is 12.6 Å². The van der Waals surface area contributed by atoms with Crippen LogP contribution in [0.3, 0.4) is 0 Å². The molecule has 5 heteroatoms. The summed E-state index contributed by atoms with van der Waals surface area (Å²) >= 11 is 5.91. The van der Waals surface area contributed by atoms with Gasteiger partial charge in [-0.15, -0.1) is 6.58 Å². The van der Waals surface area contributed by atoms with Crippen LogP contribution >= 0.6 is 11.6 Å². The lowest BCUT2D eigenvalue weighted by molar-refractivity contribution is -0.297. The summed E-state index contributed by atoms with van der Waals surface area (Å²) in [5.74, 6) is -0.0811. The van der Waals surface area contributed by atoms with E-state index in [-0.39, 0.29) is 0 Å². The van der Waals surface area contributed by atoms with Crippen LogP contribution in [0.5, 0.6) is 11.5 Å². The van der Waals surface area contributed by atoms with Crippen LogP contribution in [0.15, 0.2) is 55.1 Å². The van der Waals surface area contributed by atoms with Crippen LogP contribution in [0.1, 0.15) is 23.6 Å². The van der Waals surface area contributed by atoms with Crippen molar-refractivity contribution < 1.29 is 19.4 Å². The van der Waals surface area contributed by atoms with E-state index in [1.54, 1.807) is 12.1 Å². The molecule has 0 bridgehead atoms. The largest absolute Gasteiger partial charge is 0.545 e. The Kier molecular flexibility index (Phi) is 7.30. The highest BCUT2D eigenvalue weighted by atomic mass is 35.5. The molecule has 0 amide bonds. The molecule has 0 N–H and O–H groups in total. The maximum Gasteiger partial charge on any atom is 0.165 e. The van der Waals surface area contributed by atoms with Crippen molar-refractivity contribution >= 4 is 23.6 Å². The quantitative estimate of drug-likeness (QED) is 0.497. The molecule has 0 heterocycles. The number of carbonyl (C=O) groups is 1. The number of ether oxygens (including phenoxy) is 2. The number of aliphatic carboxylic acids is 1. The molecule has 0 spiro atoms. The summed E-state index contributed by atoms with van der Waals surface area (Å²) < 4.78 is 11.7. The second-order valence-corrected chi connectivity index (χ2v) is 5.94. The van der Waals surface area contributed by atoms with Gasteiger partial charge in [-0.05, 0) is 54.8 Å². The molecule has 0 aliphatic heterocycles. The van der Waals surface area contributed by atoms with Crippen LogP contribution in [0.2, 0.25) is 5.02 Å². The lowest BCUT2D eigenvalue weighted by atomic mass is 10.0. The monoisotopic (exact) mass is 371 g/mol. The van der Waals surface area contributed by atoms with E-state index >= 15 is 0 Å². The Hall–Kier alpha value is -2.72. The molecular formula is C21H20ClO4-. The van der Waals surface area contributed by atoms with Gasteiger partial charge in [0.1, 0.15) is 6.61 Å². The van der Waals surface area contributed by atoms with Gasteiger partial charge in [-0.25, -0.2) is 0 Å². The average molecular weight is 372 g/mol. The minimum absolute atomic E-state index is 0.357. The molecule has 0 aliphatic carbocycles. The number of hydrogen-bond donors (Lipinski definition) is 0. The Balaban J connectivity index is 2.35. The van der Waals surface area contributed by atoms with Crippen molar-refractivity contribution in [2.75, 3.05) is 6.61 Å². The highest BCUT2D eigenvalue weighted by Crippen LogP contribution is 2.35. The molecule has 0 radical (unpaired) electrons. The highest BCUT2D eigenvalue weighted by Gasteiger charge is 2.13. The van der Waals surface area contributed by atoms with Crippen molar-refractivity contribution in [2.24, 2.45) is 0 Å². The third-order valence-corrected chi connectivity index (χ3v) is 3.78. The predicted molar refractivity (Wildman–Crippen MR) is 101 cm³/mol. The van der Waals surface area contributed by atoms with Crippen LogP contribution in [0.4, 0.5) is 0 Å². The number of halogens is 1. The van der Waals surface area contributed by atoms with E-state index in [9.17, 15) is 9.90 Å². The summed E-state index contributed by atoms with van der Waals surface area (Å²) in [6, 6.07) is 11.0. The maximum atomic E-state index is 10.7. The van der Waals surface area contributed by atoms with E-state index in [0.29, 0.717) is 41.7 Å². The molecule has 0 saturated heterocycles. The van der Waals surface area contributed by atoms with Crippen molar-refractivity contribution in [2.45, 2.75) is 20.0 Å². The fourth-order valence-corrected chi connectivity index (χ4v) is 2.54. The fraction of sp³-hybridized carbons (Fsp3) is 0.190. The Labute approximate surface area is 158 Å². The van der Waals surface area contributed by atoms with Crippen molar-refractivity contribution in [3.8, 4) is 11.5 Å². The summed E-state index contributed by atoms with van der Waals surface area (Å²) in [4.78, 5) is 10.7. The Morgan fingerprint density at radius 1 is 1.23 bits per heavy atom. The number of carboxylic acids is 1. The minimum Gasteiger partial charge on any atom is -0.545 e. The van der Waals surface area contributed by atoms with E-state index < -0.39 is 5.97 Å². The van der Waals surface area contributed by atoms with Gasteiger partial charge in [0.05, 0.1) is 12.6 Å². The minimum atomic E-state index is -1.25. The summed E-state index contributed by atoms with van der Waals surface area (Å²) in [6.45, 7) is 6.46. The number of carboxylic acid groups (broad SMARTS) is 1. The Morgan fingerprint density at radius 3 is 2.58 bits per heavy atom. The molecule has 2 rings (SSSR count). The van der Waals surface area contributed by atoms with Crippen LogP contribution in [0, 0.1) is 0 Å². The number of benzene rings is 2. The third kappa shape index (κ3) is 5.67. The lowest BCUT2D eigenvalue weighted by Gasteiger charge is -2.17. The first kappa shape index (κ1) is 19.6. The second kappa shape index (κ2) is 9.68. The zero-order chi connectivity index (χ0) is 18.9. The topological polar surface area (TPSA) is 58.6 Å². The van der Waals surface area contributed by atoms with Crippen molar-refractivity contribution in [3.63, 3.8) is 0 Å². The van der Waals surface area contributed by atoms with E-state index in [4.69, 9.17) is 21.1 Å². The normalized spacial score (nSPS) is 10.7. The van der Waals surface area contributed by atoms with Gasteiger partial charge in [-0.3, -0.25) is 0 Å². The van der Waals surface area contributed by atoms with Gasteiger partial charge < -0.3 is 19.4 Å². The number of rotatable bonds is 9. The molecule has 26 heavy (non-hydrogen) atoms. The van der Waals surface area contributed by atoms with Gasteiger partial charge in [-0.2, -0.15) is 0 Å². The first-order chi connectivity index (χ1) is 12.5. The first-order valence-electron chi connectivity index (χ1n) is 8.20. The van der Waals surface area contributed by atoms with Crippen LogP contribution in [0.25, 0.3) is 6.08 Å². The Morgan fingerprint density at radius 2 is 1.96 bits per heavy atom. The second-order valence-electron chi connectivity index (χ2n) is 5.50. The number of hydrogen-bond acceptors (Lipinski definition) is 4. The summed E-state index contributed by atoms with van der Waals surface area (Å²) in [5, 5.41) is 11.3. The number of allylic oxidation sites excluding steroid dienone is 1. The van der Waals surface area contributed by atoms with Gasteiger partial charge in [0.15, 0.2) is 11.5 Å². The van der Waals surface area contributed by atoms with Gasteiger partial charge in [0, 0.05) is 10.6 Å². The van der Waals surface area contributed by atoms with Gasteiger partial charge in [0.2, 0.25) is 0 Å². The standard InChI is InChI=1S/C21H21ClO4/c1-3-5-17-12-16(8-11-20(23)24)13-19(25-4-2)21(17)26-14-15-6-9-18(22)10-7-15/h3,6-13H,1,4-5,14H2,2H3,(H,23,24)/p-1/b11-8+. The van der Waals surface area contributed by atoms with Crippen LogP contribution < -0.4 is 14.6 Å². The molecule has 0 aliphatic rings. The third-order valence-electron chi connectivity index (χ3n) is 3.53. The maximum absolute atomic E-state index is 10.7. The van der Waals surface area contributed by atoms with E-state index in [1.165, 1.54) is 6.08 Å². The number of carbonyl (C=O) groups excluding carboxylic acids is 1. The van der Waals surface area contributed by atoms with Crippen LogP contribution in [-0.2, 0) is 17.8 Å². The molecular weight excluding hydrogens is 352 g/mol. The van der Waals surface area contributed by atoms with Gasteiger partial charge >= 0.3 is 0 Å². The lowest BCUT2D eigenvalue weighted by Crippen LogP contribution is -2.18. The molecule has 0 fully saturated rings. The summed E-state index contributed by atoms with van der Waals surface area (Å²) in [6.07, 6.45) is 4.76. The molecule has 0 aromatic heterocycles. The summed E-state index contributed by atoms with van der Waals surface area (Å²) in [5.41, 5.74) is 2.52. The molecule has 2 aromatic carbocycles. The van der Waals surface area contributed by atoms with Crippen molar-refractivity contribution in [3.05, 3.63) is 76.8 Å².